The third-order valence-electron chi connectivity index (χ3n) is 22.0. The first-order valence-corrected chi connectivity index (χ1v) is 34.4. The van der Waals surface area contributed by atoms with Crippen molar-refractivity contribution < 1.29 is 4.42 Å². The van der Waals surface area contributed by atoms with E-state index in [0.29, 0.717) is 0 Å². The van der Waals surface area contributed by atoms with Crippen molar-refractivity contribution in [1.29, 1.82) is 0 Å². The molecule has 0 N–H and O–H groups in total. The Morgan fingerprint density at radius 2 is 0.521 bits per heavy atom. The number of benzene rings is 15. The molecule has 15 aromatic carbocycles. The number of fused-ring (bicyclic) bond motifs is 18. The van der Waals surface area contributed by atoms with Gasteiger partial charge in [-0.3, -0.25) is 0 Å². The molecule has 0 bridgehead atoms. The van der Waals surface area contributed by atoms with Gasteiger partial charge in [0.25, 0.3) is 0 Å². The topological polar surface area (TPSA) is 13.1 Å². The second kappa shape index (κ2) is 22.1. The fourth-order valence-electron chi connectivity index (χ4n) is 17.7. The van der Waals surface area contributed by atoms with Gasteiger partial charge in [0.05, 0.1) is 0 Å². The van der Waals surface area contributed by atoms with Crippen LogP contribution in [0.4, 0.5) is 0 Å². The van der Waals surface area contributed by atoms with Crippen LogP contribution in [0.5, 0.6) is 0 Å². The van der Waals surface area contributed by atoms with Gasteiger partial charge < -0.3 is 4.42 Å². The van der Waals surface area contributed by atoms with Crippen LogP contribution in [0.1, 0.15) is 107 Å². The van der Waals surface area contributed by atoms with E-state index in [2.05, 4.69) is 321 Å². The maximum atomic E-state index is 6.61. The predicted molar refractivity (Wildman–Crippen MR) is 413 cm³/mol. The van der Waals surface area contributed by atoms with Crippen molar-refractivity contribution in [2.45, 2.75) is 85.5 Å². The maximum Gasteiger partial charge on any atom is 0.142 e. The minimum atomic E-state index is -0.103. The van der Waals surface area contributed by atoms with Crippen LogP contribution in [-0.4, -0.2) is 0 Å². The molecule has 3 aliphatic rings. The smallest absolute Gasteiger partial charge is 0.142 e. The van der Waals surface area contributed by atoms with Gasteiger partial charge in [-0.1, -0.05) is 316 Å². The Morgan fingerprint density at radius 3 is 0.917 bits per heavy atom. The average Bonchev–Trinajstić information content (AvgIpc) is 1.42. The molecule has 0 aliphatic heterocycles. The fourth-order valence-corrected chi connectivity index (χ4v) is 17.7. The summed E-state index contributed by atoms with van der Waals surface area (Å²) in [5.74, 6) is 0.920. The number of furan rings is 1. The minimum absolute atomic E-state index is 0.0544. The van der Waals surface area contributed by atoms with Crippen LogP contribution < -0.4 is 0 Å². The van der Waals surface area contributed by atoms with Gasteiger partial charge in [0.15, 0.2) is 0 Å². The highest BCUT2D eigenvalue weighted by molar-refractivity contribution is 6.28. The van der Waals surface area contributed by atoms with Crippen molar-refractivity contribution in [3.05, 3.63) is 318 Å². The zero-order valence-corrected chi connectivity index (χ0v) is 56.5. The lowest BCUT2D eigenvalue weighted by Crippen LogP contribution is -2.15. The molecule has 1 heterocycles. The van der Waals surface area contributed by atoms with Crippen LogP contribution in [0, 0.1) is 6.92 Å². The Hall–Kier alpha value is -10.9. The van der Waals surface area contributed by atoms with E-state index in [1.807, 2.05) is 26.8 Å². The summed E-state index contributed by atoms with van der Waals surface area (Å²) in [5.41, 5.74) is 28.7. The zero-order valence-electron chi connectivity index (χ0n) is 56.5. The lowest BCUT2D eigenvalue weighted by molar-refractivity contribution is 0.602. The van der Waals surface area contributed by atoms with Gasteiger partial charge in [0.1, 0.15) is 11.3 Å². The van der Waals surface area contributed by atoms with Crippen LogP contribution >= 0.6 is 0 Å². The lowest BCUT2D eigenvalue weighted by Gasteiger charge is -2.25. The van der Waals surface area contributed by atoms with Crippen LogP contribution in [0.15, 0.2) is 277 Å². The van der Waals surface area contributed by atoms with Gasteiger partial charge in [-0.05, 0) is 197 Å². The molecule has 19 rings (SSSR count). The first-order valence-electron chi connectivity index (χ1n) is 34.4. The van der Waals surface area contributed by atoms with E-state index in [1.54, 1.807) is 0 Å². The minimum Gasteiger partial charge on any atom is -0.456 e. The van der Waals surface area contributed by atoms with E-state index in [0.717, 1.165) is 22.3 Å². The molecule has 1 heteroatoms. The summed E-state index contributed by atoms with van der Waals surface area (Å²) in [6.45, 7) is 22.5. The highest BCUT2D eigenvalue weighted by atomic mass is 16.3. The number of hydrogen-bond acceptors (Lipinski definition) is 1. The van der Waals surface area contributed by atoms with Gasteiger partial charge >= 0.3 is 0 Å². The van der Waals surface area contributed by atoms with Crippen LogP contribution in [0.3, 0.4) is 0 Å². The van der Waals surface area contributed by atoms with E-state index >= 15 is 0 Å². The third kappa shape index (κ3) is 8.35. The molecule has 462 valence electrons. The van der Waals surface area contributed by atoms with Gasteiger partial charge in [-0.15, -0.1) is 0 Å². The molecule has 0 radical (unpaired) electrons. The van der Waals surface area contributed by atoms with Crippen molar-refractivity contribution in [3.8, 4) is 77.9 Å². The van der Waals surface area contributed by atoms with Gasteiger partial charge in [0.2, 0.25) is 0 Å². The lowest BCUT2D eigenvalue weighted by atomic mass is 9.78. The summed E-state index contributed by atoms with van der Waals surface area (Å²) in [6, 6.07) is 99.8. The van der Waals surface area contributed by atoms with Crippen LogP contribution in [0.2, 0.25) is 0 Å². The molecule has 0 saturated carbocycles. The molecule has 0 saturated heterocycles. The molecule has 0 unspecified atom stereocenters. The molecule has 16 aromatic rings. The average molecular weight is 1230 g/mol. The van der Waals surface area contributed by atoms with Gasteiger partial charge in [-0.2, -0.15) is 0 Å². The van der Waals surface area contributed by atoms with Crippen molar-refractivity contribution >= 4 is 81.7 Å². The van der Waals surface area contributed by atoms with E-state index in [-0.39, 0.29) is 16.2 Å². The summed E-state index contributed by atoms with van der Waals surface area (Å²) in [4.78, 5) is 0. The SMILES string of the molecule is C/C=C\c1oc2c(-c3c4ccccc4c(-c4cc5c(c6ccccc46)-c4ccccc4C5(C)C)c4ccccc34)cccc2c1C.CC.CC1(C)c2ccccc2-c2c(-c3c4ccccc4c(-c4cc5c(c6ccccc46)-c4ccccc4C5(C)C)c4ccccc34)cccc21. The molecule has 0 fully saturated rings. The van der Waals surface area contributed by atoms with Crippen molar-refractivity contribution in [2.75, 3.05) is 0 Å². The Kier molecular flexibility index (Phi) is 13.6. The molecular weight excluding hydrogens is 1160 g/mol. The number of rotatable bonds is 5. The third-order valence-corrected chi connectivity index (χ3v) is 22.0. The number of hydrogen-bond donors (Lipinski definition) is 0. The summed E-state index contributed by atoms with van der Waals surface area (Å²) in [6.07, 6.45) is 4.11. The van der Waals surface area contributed by atoms with E-state index in [4.69, 9.17) is 4.42 Å². The standard InChI is InChI=1S/C48H36.C45H34O.C2H6/c1-47(2)39-25-13-12-23-36(39)46-37(24-15-27-41(46)47)43-31-18-7-9-20-33(31)44(34-21-10-8-19-32(34)43)38-28-42-45(30-17-6-5-16-29(30)38)35-22-11-14-26-40(35)48(42,3)4;1-5-15-40-27(2)28-23-14-24-36(44(28)46-40)41-31-18-8-10-20-33(31)42(34-21-11-9-19-32(34)41)37-26-39-43(30-17-7-6-16-29(30)37)35-22-12-13-25-38(35)45(39,3)4;1-2/h5-28H,1-4H3;5-26H,1-4H3;1-2H3/b;15-5-;. The Morgan fingerprint density at radius 1 is 0.250 bits per heavy atom. The van der Waals surface area contributed by atoms with Crippen molar-refractivity contribution in [1.82, 2.24) is 0 Å². The molecule has 3 aliphatic carbocycles. The maximum absolute atomic E-state index is 6.61. The Bertz CT molecular complexity index is 5860. The molecule has 0 amide bonds. The van der Waals surface area contributed by atoms with Crippen LogP contribution in [0.25, 0.3) is 160 Å². The van der Waals surface area contributed by atoms with Crippen molar-refractivity contribution in [3.63, 3.8) is 0 Å². The fraction of sp³-hybridized carbons (Fsp3) is 0.137. The van der Waals surface area contributed by atoms with E-state index in [9.17, 15) is 0 Å². The second-order valence-electron chi connectivity index (χ2n) is 28.0. The zero-order chi connectivity index (χ0) is 65.5. The largest absolute Gasteiger partial charge is 0.456 e. The quantitative estimate of drug-likeness (QED) is 0.157. The van der Waals surface area contributed by atoms with Gasteiger partial charge in [0, 0.05) is 38.3 Å². The van der Waals surface area contributed by atoms with Crippen LogP contribution in [-0.2, 0) is 16.2 Å². The molecule has 0 spiro atoms. The molecule has 0 atom stereocenters. The predicted octanol–water partition coefficient (Wildman–Crippen LogP) is 27.0. The molecule has 1 nitrogen and oxygen atoms in total. The first kappa shape index (κ1) is 58.9. The second-order valence-corrected chi connectivity index (χ2v) is 28.0. The monoisotopic (exact) mass is 1230 g/mol. The Labute approximate surface area is 563 Å². The summed E-state index contributed by atoms with van der Waals surface area (Å²) in [5, 5.41) is 16.6. The number of para-hydroxylation sites is 1. The first-order chi connectivity index (χ1) is 46.9. The number of allylic oxidation sites excluding steroid dienone is 1. The van der Waals surface area contributed by atoms with E-state index < -0.39 is 0 Å². The summed E-state index contributed by atoms with van der Waals surface area (Å²) >= 11 is 0. The van der Waals surface area contributed by atoms with Gasteiger partial charge in [-0.25, -0.2) is 0 Å². The highest BCUT2D eigenvalue weighted by Crippen LogP contribution is 2.59. The molecular formula is C95H76O. The number of aryl methyl sites for hydroxylation is 1. The van der Waals surface area contributed by atoms with Crippen molar-refractivity contribution in [2.24, 2.45) is 0 Å². The summed E-state index contributed by atoms with van der Waals surface area (Å²) < 4.78 is 6.61. The molecule has 96 heavy (non-hydrogen) atoms. The normalized spacial score (nSPS) is 14.1. The highest BCUT2D eigenvalue weighted by Gasteiger charge is 2.41. The Balaban J connectivity index is 0.000000142. The molecule has 1 aromatic heterocycles. The summed E-state index contributed by atoms with van der Waals surface area (Å²) in [7, 11) is 0. The van der Waals surface area contributed by atoms with E-state index in [1.165, 1.54) is 176 Å².